The zero-order valence-electron chi connectivity index (χ0n) is 10.2. The van der Waals surface area contributed by atoms with Gasteiger partial charge >= 0.3 is 0 Å². The first kappa shape index (κ1) is 13.2. The number of para-hydroxylation sites is 1. The maximum atomic E-state index is 11.0. The number of ether oxygens (including phenoxy) is 1. The molecule has 0 aliphatic carbocycles. The number of amides is 1. The molecule has 0 spiro atoms. The summed E-state index contributed by atoms with van der Waals surface area (Å²) in [5, 5.41) is 5.67. The number of carbonyl (C=O) groups is 1. The third kappa shape index (κ3) is 3.86. The quantitative estimate of drug-likeness (QED) is 0.650. The highest BCUT2D eigenvalue weighted by molar-refractivity contribution is 5.77. The minimum atomic E-state index is -0.00275. The maximum absolute atomic E-state index is 11.0. The van der Waals surface area contributed by atoms with Crippen molar-refractivity contribution in [3.05, 3.63) is 18.2 Å². The van der Waals surface area contributed by atoms with Crippen molar-refractivity contribution in [2.75, 3.05) is 31.2 Å². The summed E-state index contributed by atoms with van der Waals surface area (Å²) in [6.07, 6.45) is 0.412. The molecule has 1 aromatic rings. The van der Waals surface area contributed by atoms with Gasteiger partial charge in [0.25, 0.3) is 0 Å². The van der Waals surface area contributed by atoms with E-state index in [0.717, 1.165) is 5.69 Å². The second-order valence-electron chi connectivity index (χ2n) is 3.50. The van der Waals surface area contributed by atoms with Crippen LogP contribution in [0.15, 0.2) is 18.2 Å². The molecular weight excluding hydrogens is 218 g/mol. The van der Waals surface area contributed by atoms with Gasteiger partial charge in [0.15, 0.2) is 0 Å². The Morgan fingerprint density at radius 3 is 2.88 bits per heavy atom. The van der Waals surface area contributed by atoms with E-state index in [0.29, 0.717) is 31.0 Å². The predicted molar refractivity (Wildman–Crippen MR) is 69.2 cm³/mol. The Morgan fingerprint density at radius 1 is 1.47 bits per heavy atom. The van der Waals surface area contributed by atoms with Crippen molar-refractivity contribution in [2.45, 2.75) is 13.3 Å². The normalized spacial score (nSPS) is 9.76. The molecule has 0 aromatic heterocycles. The number of nitrogens with one attached hydrogen (secondary N) is 2. The number of nitrogens with two attached hydrogens (primary N) is 1. The van der Waals surface area contributed by atoms with Gasteiger partial charge < -0.3 is 21.1 Å². The van der Waals surface area contributed by atoms with Gasteiger partial charge in [-0.1, -0.05) is 6.07 Å². The van der Waals surface area contributed by atoms with Crippen LogP contribution in [-0.4, -0.2) is 26.1 Å². The van der Waals surface area contributed by atoms with E-state index in [9.17, 15) is 4.79 Å². The number of benzene rings is 1. The highest BCUT2D eigenvalue weighted by Gasteiger charge is 2.05. The summed E-state index contributed by atoms with van der Waals surface area (Å²) in [5.74, 6) is 0.662. The van der Waals surface area contributed by atoms with Gasteiger partial charge in [-0.25, -0.2) is 0 Å². The van der Waals surface area contributed by atoms with Crippen LogP contribution in [0.3, 0.4) is 0 Å². The van der Waals surface area contributed by atoms with Crippen molar-refractivity contribution in [2.24, 2.45) is 0 Å². The Labute approximate surface area is 101 Å². The first-order valence-electron chi connectivity index (χ1n) is 5.64. The fourth-order valence-electron chi connectivity index (χ4n) is 1.42. The molecule has 0 saturated heterocycles. The van der Waals surface area contributed by atoms with Crippen LogP contribution in [0, 0.1) is 0 Å². The maximum Gasteiger partial charge on any atom is 0.221 e. The van der Waals surface area contributed by atoms with E-state index >= 15 is 0 Å². The lowest BCUT2D eigenvalue weighted by Gasteiger charge is -2.12. The van der Waals surface area contributed by atoms with Crippen molar-refractivity contribution < 1.29 is 9.53 Å². The van der Waals surface area contributed by atoms with Gasteiger partial charge in [0.1, 0.15) is 5.75 Å². The number of nitrogen functional groups attached to an aromatic ring is 1. The lowest BCUT2D eigenvalue weighted by Crippen LogP contribution is -2.21. The van der Waals surface area contributed by atoms with E-state index in [-0.39, 0.29) is 5.91 Å². The smallest absolute Gasteiger partial charge is 0.221 e. The van der Waals surface area contributed by atoms with Gasteiger partial charge in [0, 0.05) is 20.0 Å². The molecule has 0 aliphatic heterocycles. The standard InChI is InChI=1S/C12H19N3O2/c1-3-17-10-6-4-5-9(12(10)13)15-8-7-11(16)14-2/h4-6,15H,3,7-8,13H2,1-2H3,(H,14,16). The van der Waals surface area contributed by atoms with Crippen LogP contribution in [0.4, 0.5) is 11.4 Å². The first-order chi connectivity index (χ1) is 8.19. The molecule has 0 radical (unpaired) electrons. The zero-order chi connectivity index (χ0) is 12.7. The molecule has 1 amide bonds. The minimum Gasteiger partial charge on any atom is -0.492 e. The van der Waals surface area contributed by atoms with Gasteiger partial charge in [-0.2, -0.15) is 0 Å². The molecule has 0 atom stereocenters. The van der Waals surface area contributed by atoms with Crippen molar-refractivity contribution in [1.29, 1.82) is 0 Å². The summed E-state index contributed by atoms with van der Waals surface area (Å²) < 4.78 is 5.38. The van der Waals surface area contributed by atoms with Crippen LogP contribution >= 0.6 is 0 Å². The number of hydrogen-bond acceptors (Lipinski definition) is 4. The zero-order valence-corrected chi connectivity index (χ0v) is 10.2. The van der Waals surface area contributed by atoms with Crippen molar-refractivity contribution in [3.63, 3.8) is 0 Å². The lowest BCUT2D eigenvalue weighted by molar-refractivity contribution is -0.120. The lowest BCUT2D eigenvalue weighted by atomic mass is 10.2. The Bertz CT molecular complexity index is 380. The Kier molecular flexibility index (Phi) is 5.13. The average Bonchev–Trinajstić information content (AvgIpc) is 2.33. The van der Waals surface area contributed by atoms with Crippen LogP contribution in [0.25, 0.3) is 0 Å². The highest BCUT2D eigenvalue weighted by atomic mass is 16.5. The van der Waals surface area contributed by atoms with Crippen molar-refractivity contribution in [3.8, 4) is 5.75 Å². The molecule has 0 bridgehead atoms. The molecule has 0 saturated carbocycles. The van der Waals surface area contributed by atoms with Gasteiger partial charge in [-0.3, -0.25) is 4.79 Å². The van der Waals surface area contributed by atoms with Gasteiger partial charge in [-0.15, -0.1) is 0 Å². The molecule has 0 unspecified atom stereocenters. The molecule has 5 heteroatoms. The summed E-state index contributed by atoms with van der Waals surface area (Å²) in [5.41, 5.74) is 7.30. The third-order valence-corrected chi connectivity index (χ3v) is 2.31. The first-order valence-corrected chi connectivity index (χ1v) is 5.64. The molecule has 1 aromatic carbocycles. The number of rotatable bonds is 6. The Morgan fingerprint density at radius 2 is 2.24 bits per heavy atom. The topological polar surface area (TPSA) is 76.4 Å². The fourth-order valence-corrected chi connectivity index (χ4v) is 1.42. The van der Waals surface area contributed by atoms with E-state index in [1.807, 2.05) is 25.1 Å². The summed E-state index contributed by atoms with van der Waals surface area (Å²) in [6, 6.07) is 5.55. The van der Waals surface area contributed by atoms with Crippen LogP contribution < -0.4 is 21.1 Å². The van der Waals surface area contributed by atoms with Gasteiger partial charge in [0.05, 0.1) is 18.0 Å². The molecule has 4 N–H and O–H groups in total. The Hall–Kier alpha value is -1.91. The molecule has 1 rings (SSSR count). The average molecular weight is 237 g/mol. The monoisotopic (exact) mass is 237 g/mol. The van der Waals surface area contributed by atoms with Crippen molar-refractivity contribution >= 4 is 17.3 Å². The molecule has 0 heterocycles. The molecule has 0 aliphatic rings. The summed E-state index contributed by atoms with van der Waals surface area (Å²) in [6.45, 7) is 3.02. The fraction of sp³-hybridized carbons (Fsp3) is 0.417. The second-order valence-corrected chi connectivity index (χ2v) is 3.50. The largest absolute Gasteiger partial charge is 0.492 e. The second kappa shape index (κ2) is 6.62. The van der Waals surface area contributed by atoms with E-state index < -0.39 is 0 Å². The van der Waals surface area contributed by atoms with Crippen LogP contribution in [0.1, 0.15) is 13.3 Å². The Balaban J connectivity index is 2.59. The highest BCUT2D eigenvalue weighted by Crippen LogP contribution is 2.29. The van der Waals surface area contributed by atoms with E-state index in [4.69, 9.17) is 10.5 Å². The van der Waals surface area contributed by atoms with E-state index in [2.05, 4.69) is 10.6 Å². The summed E-state index contributed by atoms with van der Waals surface area (Å²) >= 11 is 0. The molecule has 0 fully saturated rings. The summed E-state index contributed by atoms with van der Waals surface area (Å²) in [7, 11) is 1.62. The molecule has 17 heavy (non-hydrogen) atoms. The molecule has 94 valence electrons. The molecule has 5 nitrogen and oxygen atoms in total. The van der Waals surface area contributed by atoms with E-state index in [1.165, 1.54) is 0 Å². The predicted octanol–water partition coefficient (Wildman–Crippen LogP) is 1.22. The SMILES string of the molecule is CCOc1cccc(NCCC(=O)NC)c1N. The van der Waals surface area contributed by atoms with Crippen LogP contribution in [0.5, 0.6) is 5.75 Å². The summed E-state index contributed by atoms with van der Waals surface area (Å²) in [4.78, 5) is 11.0. The number of anilines is 2. The number of carbonyl (C=O) groups excluding carboxylic acids is 1. The molecular formula is C12H19N3O2. The van der Waals surface area contributed by atoms with Crippen LogP contribution in [0.2, 0.25) is 0 Å². The van der Waals surface area contributed by atoms with Crippen molar-refractivity contribution in [1.82, 2.24) is 5.32 Å². The van der Waals surface area contributed by atoms with E-state index in [1.54, 1.807) is 7.05 Å². The minimum absolute atomic E-state index is 0.00275. The third-order valence-electron chi connectivity index (χ3n) is 2.31. The van der Waals surface area contributed by atoms with Crippen LogP contribution in [-0.2, 0) is 4.79 Å². The number of hydrogen-bond donors (Lipinski definition) is 3. The van der Waals surface area contributed by atoms with Gasteiger partial charge in [0.2, 0.25) is 5.91 Å². The van der Waals surface area contributed by atoms with Gasteiger partial charge in [-0.05, 0) is 19.1 Å².